The van der Waals surface area contributed by atoms with E-state index in [1.807, 2.05) is 20.8 Å². The first-order chi connectivity index (χ1) is 12.8. The molecule has 1 aromatic heterocycles. The second-order valence-electron chi connectivity index (χ2n) is 7.42. The van der Waals surface area contributed by atoms with Gasteiger partial charge in [0.05, 0.1) is 17.7 Å². The van der Waals surface area contributed by atoms with Gasteiger partial charge in [-0.25, -0.2) is 0 Å². The maximum Gasteiger partial charge on any atom is 0.264 e. The quantitative estimate of drug-likeness (QED) is 0.823. The van der Waals surface area contributed by atoms with Crippen molar-refractivity contribution in [3.63, 3.8) is 0 Å². The number of rotatable bonds is 5. The summed E-state index contributed by atoms with van der Waals surface area (Å²) in [5.74, 6) is -0.858. The summed E-state index contributed by atoms with van der Waals surface area (Å²) >= 11 is 1.06. The smallest absolute Gasteiger partial charge is 0.264 e. The van der Waals surface area contributed by atoms with Gasteiger partial charge in [0.2, 0.25) is 0 Å². The molecule has 2 N–H and O–H groups in total. The Morgan fingerprint density at radius 2 is 1.93 bits per heavy atom. The normalized spacial score (nSPS) is 22.3. The van der Waals surface area contributed by atoms with E-state index in [-0.39, 0.29) is 17.6 Å². The minimum absolute atomic E-state index is 0.0717. The topological polar surface area (TPSA) is 92.2 Å². The van der Waals surface area contributed by atoms with Crippen LogP contribution < -0.4 is 5.32 Å². The van der Waals surface area contributed by atoms with Crippen LogP contribution in [0.1, 0.15) is 56.4 Å². The van der Waals surface area contributed by atoms with Crippen molar-refractivity contribution in [2.75, 3.05) is 6.54 Å². The molecule has 1 fully saturated rings. The van der Waals surface area contributed by atoms with E-state index >= 15 is 0 Å². The summed E-state index contributed by atoms with van der Waals surface area (Å²) in [6.45, 7) is 8.15. The highest BCUT2D eigenvalue weighted by Gasteiger charge is 2.42. The number of aliphatic hydroxyl groups excluding tert-OH is 1. The fourth-order valence-corrected chi connectivity index (χ4v) is 4.72. The monoisotopic (exact) mass is 387 g/mol. The van der Waals surface area contributed by atoms with Crippen LogP contribution in [0.5, 0.6) is 0 Å². The van der Waals surface area contributed by atoms with Crippen molar-refractivity contribution in [1.29, 1.82) is 0 Å². The summed E-state index contributed by atoms with van der Waals surface area (Å²) in [5.41, 5.74) is 4.81. The standard InChI is InChI=1S/C20H25N3O3S/c1-10-7-11(2)16(12(3)8-10)17-15(24)9-14(18(17)25)5-6-21-20(26)19-13(4)22-23-27-19/h7-8,14-15,17,24H,5-6,9H2,1-4H3,(H,21,26). The van der Waals surface area contributed by atoms with Crippen LogP contribution in [0.15, 0.2) is 12.1 Å². The number of benzene rings is 1. The number of aromatic nitrogens is 2. The maximum absolute atomic E-state index is 13.0. The van der Waals surface area contributed by atoms with Gasteiger partial charge in [0.1, 0.15) is 10.7 Å². The highest BCUT2D eigenvalue weighted by atomic mass is 32.1. The zero-order valence-corrected chi connectivity index (χ0v) is 16.9. The molecule has 0 aliphatic heterocycles. The number of Topliss-reactive ketones (excluding diaryl/α,β-unsaturated/α-hetero) is 1. The number of nitrogens with zero attached hydrogens (tertiary/aromatic N) is 2. The van der Waals surface area contributed by atoms with Crippen LogP contribution in [0.2, 0.25) is 0 Å². The van der Waals surface area contributed by atoms with E-state index in [9.17, 15) is 14.7 Å². The molecule has 1 aliphatic carbocycles. The van der Waals surface area contributed by atoms with Crippen molar-refractivity contribution in [2.45, 2.75) is 52.6 Å². The predicted molar refractivity (Wildman–Crippen MR) is 104 cm³/mol. The average Bonchev–Trinajstić information content (AvgIpc) is 3.12. The van der Waals surface area contributed by atoms with Crippen molar-refractivity contribution in [2.24, 2.45) is 5.92 Å². The number of ketones is 1. The van der Waals surface area contributed by atoms with Gasteiger partial charge >= 0.3 is 0 Å². The van der Waals surface area contributed by atoms with E-state index in [1.165, 1.54) is 0 Å². The lowest BCUT2D eigenvalue weighted by atomic mass is 9.86. The van der Waals surface area contributed by atoms with Crippen LogP contribution in [0, 0.1) is 33.6 Å². The third-order valence-corrected chi connectivity index (χ3v) is 6.13. The molecule has 7 heteroatoms. The molecule has 3 rings (SSSR count). The molecule has 1 amide bonds. The predicted octanol–water partition coefficient (Wildman–Crippen LogP) is 2.63. The number of hydrogen-bond donors (Lipinski definition) is 2. The fraction of sp³-hybridized carbons (Fsp3) is 0.500. The third-order valence-electron chi connectivity index (χ3n) is 5.30. The second kappa shape index (κ2) is 7.86. The van der Waals surface area contributed by atoms with Crippen molar-refractivity contribution in [1.82, 2.24) is 14.9 Å². The summed E-state index contributed by atoms with van der Waals surface area (Å²) < 4.78 is 3.76. The summed E-state index contributed by atoms with van der Waals surface area (Å²) in [4.78, 5) is 25.6. The average molecular weight is 388 g/mol. The largest absolute Gasteiger partial charge is 0.392 e. The fourth-order valence-electron chi connectivity index (χ4n) is 4.14. The second-order valence-corrected chi connectivity index (χ2v) is 8.18. The van der Waals surface area contributed by atoms with Gasteiger partial charge in [-0.3, -0.25) is 9.59 Å². The van der Waals surface area contributed by atoms with Crippen LogP contribution >= 0.6 is 11.5 Å². The Morgan fingerprint density at radius 1 is 1.26 bits per heavy atom. The van der Waals surface area contributed by atoms with Crippen LogP contribution in [0.4, 0.5) is 0 Å². The SMILES string of the molecule is Cc1cc(C)c(C2C(=O)C(CCNC(=O)c3snnc3C)CC2O)c(C)c1. The molecule has 1 saturated carbocycles. The molecule has 2 aromatic rings. The summed E-state index contributed by atoms with van der Waals surface area (Å²) in [5, 5.41) is 17.2. The van der Waals surface area contributed by atoms with Crippen LogP contribution in [0.3, 0.4) is 0 Å². The van der Waals surface area contributed by atoms with Gasteiger partial charge in [-0.2, -0.15) is 0 Å². The molecule has 0 saturated heterocycles. The summed E-state index contributed by atoms with van der Waals surface area (Å²) in [6.07, 6.45) is 0.284. The maximum atomic E-state index is 13.0. The Kier molecular flexibility index (Phi) is 5.72. The van der Waals surface area contributed by atoms with Crippen LogP contribution in [-0.2, 0) is 4.79 Å². The van der Waals surface area contributed by atoms with Gasteiger partial charge in [-0.05, 0) is 68.8 Å². The van der Waals surface area contributed by atoms with E-state index in [2.05, 4.69) is 27.0 Å². The summed E-state index contributed by atoms with van der Waals surface area (Å²) in [7, 11) is 0. The van der Waals surface area contributed by atoms with Crippen molar-refractivity contribution in [3.8, 4) is 0 Å². The number of aryl methyl sites for hydroxylation is 4. The first kappa shape index (κ1) is 19.6. The number of nitrogens with one attached hydrogen (secondary N) is 1. The van der Waals surface area contributed by atoms with E-state index in [0.29, 0.717) is 30.0 Å². The Balaban J connectivity index is 1.65. The third kappa shape index (κ3) is 3.94. The molecule has 27 heavy (non-hydrogen) atoms. The number of hydrogen-bond acceptors (Lipinski definition) is 6. The molecular weight excluding hydrogens is 362 g/mol. The Labute approximate surface area is 163 Å². The number of amides is 1. The number of aliphatic hydroxyl groups is 1. The van der Waals surface area contributed by atoms with Crippen LogP contribution in [0.25, 0.3) is 0 Å². The van der Waals surface area contributed by atoms with Gasteiger partial charge in [-0.15, -0.1) is 5.10 Å². The van der Waals surface area contributed by atoms with E-state index in [1.54, 1.807) is 6.92 Å². The molecule has 1 heterocycles. The Morgan fingerprint density at radius 3 is 2.52 bits per heavy atom. The van der Waals surface area contributed by atoms with E-state index < -0.39 is 12.0 Å². The lowest BCUT2D eigenvalue weighted by molar-refractivity contribution is -0.122. The van der Waals surface area contributed by atoms with Crippen LogP contribution in [-0.4, -0.2) is 39.0 Å². The van der Waals surface area contributed by atoms with Crippen molar-refractivity contribution < 1.29 is 14.7 Å². The minimum atomic E-state index is -0.675. The molecule has 0 radical (unpaired) electrons. The van der Waals surface area contributed by atoms with Gasteiger partial charge < -0.3 is 10.4 Å². The lowest BCUT2D eigenvalue weighted by Crippen LogP contribution is -2.27. The highest BCUT2D eigenvalue weighted by Crippen LogP contribution is 2.39. The molecule has 1 aromatic carbocycles. The van der Waals surface area contributed by atoms with Gasteiger partial charge in [0.15, 0.2) is 0 Å². The molecular formula is C20H25N3O3S. The molecule has 1 aliphatic rings. The lowest BCUT2D eigenvalue weighted by Gasteiger charge is -2.19. The first-order valence-corrected chi connectivity index (χ1v) is 9.93. The van der Waals surface area contributed by atoms with Gasteiger partial charge in [0.25, 0.3) is 5.91 Å². The molecule has 3 atom stereocenters. The first-order valence-electron chi connectivity index (χ1n) is 9.16. The number of carbonyl (C=O) groups excluding carboxylic acids is 2. The molecule has 6 nitrogen and oxygen atoms in total. The molecule has 0 spiro atoms. The molecule has 3 unspecified atom stereocenters. The molecule has 144 valence electrons. The molecule has 0 bridgehead atoms. The Hall–Kier alpha value is -2.12. The number of carbonyl (C=O) groups is 2. The van der Waals surface area contributed by atoms with Crippen molar-refractivity contribution in [3.05, 3.63) is 45.0 Å². The Bertz CT molecular complexity index is 854. The summed E-state index contributed by atoms with van der Waals surface area (Å²) in [6, 6.07) is 4.11. The van der Waals surface area contributed by atoms with E-state index in [4.69, 9.17) is 0 Å². The van der Waals surface area contributed by atoms with Gasteiger partial charge in [0, 0.05) is 12.5 Å². The zero-order chi connectivity index (χ0) is 19.7. The van der Waals surface area contributed by atoms with Gasteiger partial charge in [-0.1, -0.05) is 22.2 Å². The van der Waals surface area contributed by atoms with Crippen molar-refractivity contribution >= 4 is 23.2 Å². The zero-order valence-electron chi connectivity index (χ0n) is 16.1. The highest BCUT2D eigenvalue weighted by molar-refractivity contribution is 7.07. The van der Waals surface area contributed by atoms with E-state index in [0.717, 1.165) is 33.8 Å². The minimum Gasteiger partial charge on any atom is -0.392 e.